The molecule has 0 radical (unpaired) electrons. The molecule has 1 aliphatic heterocycles. The van der Waals surface area contributed by atoms with Crippen LogP contribution < -0.4 is 5.32 Å². The number of aryl methyl sites for hydroxylation is 2. The lowest BCUT2D eigenvalue weighted by atomic mass is 9.97. The number of rotatable bonds is 9. The van der Waals surface area contributed by atoms with Gasteiger partial charge in [-0.3, -0.25) is 4.79 Å². The van der Waals surface area contributed by atoms with E-state index in [9.17, 15) is 4.79 Å². The first-order chi connectivity index (χ1) is 17.6. The molecule has 0 unspecified atom stereocenters. The molecule has 0 bridgehead atoms. The van der Waals surface area contributed by atoms with E-state index in [1.165, 1.54) is 43.4 Å². The van der Waals surface area contributed by atoms with E-state index in [1.807, 2.05) is 18.3 Å². The lowest BCUT2D eigenvalue weighted by Crippen LogP contribution is -2.40. The molecule has 190 valence electrons. The highest BCUT2D eigenvalue weighted by Crippen LogP contribution is 2.35. The maximum absolute atomic E-state index is 11.9. The minimum Gasteiger partial charge on any atom is -0.466 e. The fourth-order valence-electron chi connectivity index (χ4n) is 5.46. The van der Waals surface area contributed by atoms with Crippen LogP contribution in [0, 0.1) is 12.8 Å². The van der Waals surface area contributed by atoms with Crippen molar-refractivity contribution in [3.8, 4) is 10.4 Å². The van der Waals surface area contributed by atoms with Crippen molar-refractivity contribution in [2.45, 2.75) is 46.7 Å². The van der Waals surface area contributed by atoms with Gasteiger partial charge in [0.25, 0.3) is 0 Å². The van der Waals surface area contributed by atoms with E-state index < -0.39 is 0 Å². The molecule has 2 aromatic heterocycles. The van der Waals surface area contributed by atoms with Crippen molar-refractivity contribution < 1.29 is 9.53 Å². The Hall–Kier alpha value is -2.67. The van der Waals surface area contributed by atoms with Crippen molar-refractivity contribution in [3.63, 3.8) is 0 Å². The van der Waals surface area contributed by atoms with Gasteiger partial charge in [-0.05, 0) is 93.0 Å². The zero-order valence-corrected chi connectivity index (χ0v) is 22.5. The summed E-state index contributed by atoms with van der Waals surface area (Å²) in [5, 5.41) is 8.52. The van der Waals surface area contributed by atoms with Crippen LogP contribution in [-0.2, 0) is 22.6 Å². The summed E-state index contributed by atoms with van der Waals surface area (Å²) in [5.74, 6) is 0.0598. The van der Waals surface area contributed by atoms with E-state index >= 15 is 0 Å². The van der Waals surface area contributed by atoms with Crippen LogP contribution in [0.2, 0.25) is 0 Å². The van der Waals surface area contributed by atoms with Crippen molar-refractivity contribution in [2.75, 3.05) is 32.8 Å². The smallest absolute Gasteiger partial charge is 0.309 e. The van der Waals surface area contributed by atoms with E-state index in [0.29, 0.717) is 6.61 Å². The van der Waals surface area contributed by atoms with E-state index in [2.05, 4.69) is 76.5 Å². The number of carbonyl (C=O) groups is 1. The third-order valence-electron chi connectivity index (χ3n) is 7.40. The van der Waals surface area contributed by atoms with E-state index in [-0.39, 0.29) is 11.9 Å². The van der Waals surface area contributed by atoms with E-state index in [1.54, 1.807) is 0 Å². The highest BCUT2D eigenvalue weighted by atomic mass is 32.1. The van der Waals surface area contributed by atoms with Crippen LogP contribution in [-0.4, -0.2) is 48.2 Å². The van der Waals surface area contributed by atoms with Crippen LogP contribution in [0.4, 0.5) is 0 Å². The fraction of sp³-hybridized carbons (Fsp3) is 0.433. The average Bonchev–Trinajstić information content (AvgIpc) is 3.47. The number of thiophene rings is 1. The number of hydrogen-bond acceptors (Lipinski definition) is 5. The van der Waals surface area contributed by atoms with Gasteiger partial charge in [-0.25, -0.2) is 0 Å². The average molecular weight is 504 g/mol. The number of likely N-dealkylation sites (tertiary alicyclic amines) is 1. The lowest BCUT2D eigenvalue weighted by molar-refractivity contribution is -0.149. The number of ether oxygens (including phenoxy) is 1. The number of benzene rings is 2. The van der Waals surface area contributed by atoms with Gasteiger partial charge in [0.05, 0.1) is 12.5 Å². The van der Waals surface area contributed by atoms with Crippen molar-refractivity contribution in [1.82, 2.24) is 14.8 Å². The Balaban J connectivity index is 1.22. The maximum atomic E-state index is 11.9. The molecule has 1 aliphatic rings. The standard InChI is InChI=1S/C30H37N3O2S/c1-4-33-27-9-6-22(19-31-12-15-32-13-10-23(11-14-32)30(34)35-5-2)17-26(27)25-8-7-24(18-28(25)33)29-16-21(3)20-36-29/h6-9,16-18,20,23,31H,4-5,10-15,19H2,1-3H3. The van der Waals surface area contributed by atoms with Crippen LogP contribution in [0.15, 0.2) is 47.8 Å². The molecule has 1 saturated heterocycles. The molecule has 1 N–H and O–H groups in total. The van der Waals surface area contributed by atoms with Crippen LogP contribution >= 0.6 is 11.3 Å². The summed E-state index contributed by atoms with van der Waals surface area (Å²) in [6, 6.07) is 16.1. The van der Waals surface area contributed by atoms with Gasteiger partial charge in [-0.15, -0.1) is 11.3 Å². The second-order valence-electron chi connectivity index (χ2n) is 9.86. The number of hydrogen-bond donors (Lipinski definition) is 1. The van der Waals surface area contributed by atoms with Crippen molar-refractivity contribution in [1.29, 1.82) is 0 Å². The number of piperidine rings is 1. The molecule has 1 fully saturated rings. The minimum atomic E-state index is -0.0204. The molecule has 5 rings (SSSR count). The molecular weight excluding hydrogens is 466 g/mol. The zero-order valence-electron chi connectivity index (χ0n) is 21.7. The number of nitrogens with one attached hydrogen (secondary N) is 1. The van der Waals surface area contributed by atoms with Gasteiger partial charge in [-0.1, -0.05) is 18.2 Å². The van der Waals surface area contributed by atoms with E-state index in [0.717, 1.165) is 52.1 Å². The first kappa shape index (κ1) is 25.0. The third kappa shape index (κ3) is 5.22. The Bertz CT molecular complexity index is 1350. The molecule has 36 heavy (non-hydrogen) atoms. The molecule has 2 aromatic carbocycles. The molecule has 0 atom stereocenters. The SMILES string of the molecule is CCOC(=O)C1CCN(CCNCc2ccc3c(c2)c2ccc(-c4cc(C)cs4)cc2n3CC)CC1. The monoisotopic (exact) mass is 503 g/mol. The van der Waals surface area contributed by atoms with Crippen molar-refractivity contribution >= 4 is 39.1 Å². The zero-order chi connectivity index (χ0) is 25.1. The largest absolute Gasteiger partial charge is 0.466 e. The summed E-state index contributed by atoms with van der Waals surface area (Å²) >= 11 is 1.82. The third-order valence-corrected chi connectivity index (χ3v) is 8.50. The molecule has 0 spiro atoms. The van der Waals surface area contributed by atoms with Crippen LogP contribution in [0.1, 0.15) is 37.8 Å². The van der Waals surface area contributed by atoms with Gasteiger partial charge in [0, 0.05) is 52.9 Å². The molecule has 3 heterocycles. The Morgan fingerprint density at radius 2 is 1.89 bits per heavy atom. The number of nitrogens with zero attached hydrogens (tertiary/aromatic N) is 2. The summed E-state index contributed by atoms with van der Waals surface area (Å²) in [4.78, 5) is 15.7. The summed E-state index contributed by atoms with van der Waals surface area (Å²) < 4.78 is 7.62. The topological polar surface area (TPSA) is 46.5 Å². The Kier molecular flexibility index (Phi) is 7.75. The normalized spacial score (nSPS) is 15.2. The molecular formula is C30H37N3O2S. The summed E-state index contributed by atoms with van der Waals surface area (Å²) in [7, 11) is 0. The van der Waals surface area contributed by atoms with Crippen LogP contribution in [0.25, 0.3) is 32.2 Å². The van der Waals surface area contributed by atoms with E-state index in [4.69, 9.17) is 4.74 Å². The predicted molar refractivity (Wildman–Crippen MR) is 151 cm³/mol. The first-order valence-electron chi connectivity index (χ1n) is 13.3. The lowest BCUT2D eigenvalue weighted by Gasteiger charge is -2.30. The van der Waals surface area contributed by atoms with Gasteiger partial charge in [-0.2, -0.15) is 0 Å². The molecule has 4 aromatic rings. The molecule has 0 saturated carbocycles. The van der Waals surface area contributed by atoms with Crippen molar-refractivity contribution in [2.24, 2.45) is 5.92 Å². The molecule has 6 heteroatoms. The van der Waals surface area contributed by atoms with Crippen LogP contribution in [0.3, 0.4) is 0 Å². The minimum absolute atomic E-state index is 0.0204. The van der Waals surface area contributed by atoms with Gasteiger partial charge >= 0.3 is 5.97 Å². The first-order valence-corrected chi connectivity index (χ1v) is 14.2. The molecule has 0 amide bonds. The van der Waals surface area contributed by atoms with Crippen LogP contribution in [0.5, 0.6) is 0 Å². The number of esters is 1. The van der Waals surface area contributed by atoms with Crippen molar-refractivity contribution in [3.05, 3.63) is 59.0 Å². The molecule has 5 nitrogen and oxygen atoms in total. The highest BCUT2D eigenvalue weighted by Gasteiger charge is 2.25. The maximum Gasteiger partial charge on any atom is 0.309 e. The van der Waals surface area contributed by atoms with Gasteiger partial charge in [0.2, 0.25) is 0 Å². The number of fused-ring (bicyclic) bond motifs is 3. The fourth-order valence-corrected chi connectivity index (χ4v) is 6.35. The number of carbonyl (C=O) groups excluding carboxylic acids is 1. The Labute approximate surface area is 218 Å². The summed E-state index contributed by atoms with van der Waals surface area (Å²) in [5.41, 5.74) is 6.56. The second kappa shape index (κ2) is 11.2. The van der Waals surface area contributed by atoms with Gasteiger partial charge < -0.3 is 19.5 Å². The summed E-state index contributed by atoms with van der Waals surface area (Å²) in [6.45, 7) is 12.5. The predicted octanol–water partition coefficient (Wildman–Crippen LogP) is 6.22. The summed E-state index contributed by atoms with van der Waals surface area (Å²) in [6.07, 6.45) is 1.82. The Morgan fingerprint density at radius 3 is 2.61 bits per heavy atom. The second-order valence-corrected chi connectivity index (χ2v) is 10.8. The highest BCUT2D eigenvalue weighted by molar-refractivity contribution is 7.13. The number of aromatic nitrogens is 1. The Morgan fingerprint density at radius 1 is 1.06 bits per heavy atom. The quantitative estimate of drug-likeness (QED) is 0.218. The van der Waals surface area contributed by atoms with Gasteiger partial charge in [0.1, 0.15) is 0 Å². The van der Waals surface area contributed by atoms with Gasteiger partial charge in [0.15, 0.2) is 0 Å². The molecule has 0 aliphatic carbocycles.